The van der Waals surface area contributed by atoms with Crippen molar-refractivity contribution in [3.05, 3.63) is 0 Å². The molecule has 0 aromatic heterocycles. The van der Waals surface area contributed by atoms with Crippen LogP contribution in [0.25, 0.3) is 0 Å². The zero-order valence-electron chi connectivity index (χ0n) is 23.8. The van der Waals surface area contributed by atoms with Crippen molar-refractivity contribution in [3.63, 3.8) is 0 Å². The quantitative estimate of drug-likeness (QED) is 0.213. The van der Waals surface area contributed by atoms with Gasteiger partial charge in [0.25, 0.3) is 0 Å². The Morgan fingerprint density at radius 2 is 0.151 bits per heavy atom. The van der Waals surface area contributed by atoms with Crippen LogP contribution in [0.15, 0.2) is 0 Å². The van der Waals surface area contributed by atoms with Crippen molar-refractivity contribution in [1.29, 1.82) is 0 Å². The summed E-state index contributed by atoms with van der Waals surface area (Å²) in [5.41, 5.74) is 0. The molecular formula is H25O40SiW12-51. The number of hydrogen-bond acceptors (Lipinski definition) is 4. The van der Waals surface area contributed by atoms with Crippen LogP contribution >= 0.6 is 0 Å². The van der Waals surface area contributed by atoms with Gasteiger partial charge in [-0.3, -0.25) is 0 Å². The smallest absolute Gasteiger partial charge is 1.00 e. The SMILES string of the molecule is O.O.O.O.O.O.O.O.O.O.O.O.[H+].[O-2].[O-2].[O-2].[O-2].[O-2].[O-2].[O-2].[O-2].[O-2].[O-2].[O-2].[O-2].[O-2].[O-2].[O-2].[O-2].[O-2].[O-2].[O-2].[O-2].[O-2].[O-2].[O-2].[O-2].[O-][Si]([O-])([O-])[O-].[W].[W].[W].[W].[W].[W].[W].[W].[W].[W].[W].[W]. The van der Waals surface area contributed by atoms with Gasteiger partial charge in [0, 0.05) is 253 Å². The normalized spacial score (nSPS) is 1.13. The summed E-state index contributed by atoms with van der Waals surface area (Å²) in [6.07, 6.45) is 0. The molecule has 0 saturated carbocycles. The second-order valence-electron chi connectivity index (χ2n) is 0.500. The van der Waals surface area contributed by atoms with E-state index in [2.05, 4.69) is 0 Å². The molecule has 0 heterocycles. The van der Waals surface area contributed by atoms with Crippen molar-refractivity contribution in [2.24, 2.45) is 0 Å². The molecule has 53 heteroatoms. The molecule has 24 N–H and O–H groups in total. The van der Waals surface area contributed by atoms with Crippen LogP contribution in [0.1, 0.15) is 1.43 Å². The molecule has 0 bridgehead atoms. The average molecular weight is 2900 g/mol. The third kappa shape index (κ3) is 4030. The van der Waals surface area contributed by atoms with Crippen LogP contribution in [-0.4, -0.2) is 74.8 Å². The van der Waals surface area contributed by atoms with Gasteiger partial charge in [0.15, 0.2) is 0 Å². The van der Waals surface area contributed by atoms with Crippen LogP contribution in [0.5, 0.6) is 0 Å². The minimum absolute atomic E-state index is 0. The molecule has 0 aliphatic rings. The van der Waals surface area contributed by atoms with Gasteiger partial charge in [0.1, 0.15) is 0 Å². The molecule has 0 rings (SSSR count). The van der Waals surface area contributed by atoms with Crippen LogP contribution in [0.2, 0.25) is 0 Å². The van der Waals surface area contributed by atoms with Gasteiger partial charge >= 0.3 is 1.43 Å². The van der Waals surface area contributed by atoms with Crippen LogP contribution in [0, 0.1) is 0 Å². The Kier molecular flexibility index (Phi) is 39400. The van der Waals surface area contributed by atoms with E-state index in [0.29, 0.717) is 0 Å². The van der Waals surface area contributed by atoms with Gasteiger partial charge in [-0.15, -0.1) is 0 Å². The second kappa shape index (κ2) is 1190. The van der Waals surface area contributed by atoms with Gasteiger partial charge in [-0.1, -0.05) is 0 Å². The van der Waals surface area contributed by atoms with Gasteiger partial charge in [0.2, 0.25) is 0 Å². The Bertz CT molecular complexity index is 70.4. The van der Waals surface area contributed by atoms with E-state index in [4.69, 9.17) is 19.2 Å². The molecule has 0 fully saturated rings. The molecule has 40 nitrogen and oxygen atoms in total. The molecule has 0 saturated heterocycles. The van der Waals surface area contributed by atoms with Crippen molar-refractivity contribution in [2.45, 2.75) is 0 Å². The fourth-order valence-electron chi connectivity index (χ4n) is 0. The number of rotatable bonds is 0. The van der Waals surface area contributed by atoms with Gasteiger partial charge in [-0.25, -0.2) is 0 Å². The summed E-state index contributed by atoms with van der Waals surface area (Å²) in [6.45, 7) is 0. The summed E-state index contributed by atoms with van der Waals surface area (Å²) >= 11 is 0. The average Bonchev–Trinajstić information content (AvgIpc) is 0.722. The van der Waals surface area contributed by atoms with Crippen molar-refractivity contribution in [3.8, 4) is 0 Å². The van der Waals surface area contributed by atoms with E-state index in [1.165, 1.54) is 0 Å². The first-order valence-electron chi connectivity index (χ1n) is 0.816. The minimum atomic E-state index is -5.61. The maximum Gasteiger partial charge on any atom is 1.00 e. The maximum absolute atomic E-state index is 8.58. The summed E-state index contributed by atoms with van der Waals surface area (Å²) in [6, 6.07) is 0. The van der Waals surface area contributed by atoms with Crippen LogP contribution in [0.3, 0.4) is 0 Å². The van der Waals surface area contributed by atoms with E-state index in [9.17, 15) is 0 Å². The Balaban J connectivity index is -0.0000000000680. The number of hydrogen-bond donors (Lipinski definition) is 0. The van der Waals surface area contributed by atoms with Crippen molar-refractivity contribution in [1.82, 2.24) is 0 Å². The first-order chi connectivity index (χ1) is 2.00. The van der Waals surface area contributed by atoms with Gasteiger partial charge in [0.05, 0.1) is 0 Å². The summed E-state index contributed by atoms with van der Waals surface area (Å²) in [5.74, 6) is 0. The molecule has 0 radical (unpaired) electrons. The van der Waals surface area contributed by atoms with E-state index in [0.717, 1.165) is 0 Å². The zero-order valence-corrected chi connectivity index (χ0v) is 59.0. The maximum atomic E-state index is 8.58. The molecule has 0 spiro atoms. The largest absolute Gasteiger partial charge is 2.00 e. The predicted molar refractivity (Wildman–Crippen MR) is 66.7 cm³/mol. The van der Waals surface area contributed by atoms with E-state index in [-0.39, 0.29) is 451 Å². The topological polar surface area (TPSA) is 1150 Å². The second-order valence-corrected chi connectivity index (χ2v) is 1.50. The Hall–Kier alpha value is 6.88. The summed E-state index contributed by atoms with van der Waals surface area (Å²) in [4.78, 5) is 34.3. The van der Waals surface area contributed by atoms with Crippen molar-refractivity contribution in [2.75, 3.05) is 0 Å². The summed E-state index contributed by atoms with van der Waals surface area (Å²) < 4.78 is 0. The van der Waals surface area contributed by atoms with Crippen LogP contribution in [-0.2, 0) is 384 Å². The Morgan fingerprint density at radius 3 is 0.151 bits per heavy atom. The molecule has 0 atom stereocenters. The molecule has 392 valence electrons. The third-order valence-corrected chi connectivity index (χ3v) is 0. The summed E-state index contributed by atoms with van der Waals surface area (Å²) in [5, 5.41) is 0. The molecule has 0 aromatic carbocycles. The monoisotopic (exact) mass is 2900 g/mol. The summed E-state index contributed by atoms with van der Waals surface area (Å²) in [7, 11) is -5.61. The predicted octanol–water partition coefficient (Wildman–Crippen LogP) is -17.8. The molecule has 0 amide bonds. The fourth-order valence-corrected chi connectivity index (χ4v) is 0. The minimum Gasteiger partial charge on any atom is -2.00 e. The molecule has 0 unspecified atom stereocenters. The first kappa shape index (κ1) is 1750. The van der Waals surface area contributed by atoms with Gasteiger partial charge < -0.3 is 225 Å². The third-order valence-electron chi connectivity index (χ3n) is 0. The van der Waals surface area contributed by atoms with E-state index in [1.54, 1.807) is 0 Å². The van der Waals surface area contributed by atoms with Crippen molar-refractivity contribution >= 4 is 9.05 Å². The molecular weight excluding hydrogens is 2870 g/mol. The van der Waals surface area contributed by atoms with E-state index in [1.807, 2.05) is 0 Å². The van der Waals surface area contributed by atoms with E-state index < -0.39 is 9.05 Å². The molecule has 53 heavy (non-hydrogen) atoms. The van der Waals surface area contributed by atoms with Crippen molar-refractivity contribution < 1.29 is 471 Å². The van der Waals surface area contributed by atoms with Crippen LogP contribution in [0.4, 0.5) is 0 Å². The molecule has 0 aliphatic heterocycles. The van der Waals surface area contributed by atoms with Gasteiger partial charge in [-0.2, -0.15) is 0 Å². The van der Waals surface area contributed by atoms with E-state index >= 15 is 0 Å². The first-order valence-corrected chi connectivity index (χ1v) is 2.45. The fraction of sp³-hybridized carbons (Fsp3) is 0. The molecule has 0 aliphatic carbocycles. The van der Waals surface area contributed by atoms with Gasteiger partial charge in [-0.05, 0) is 0 Å². The molecule has 0 aromatic rings. The zero-order chi connectivity index (χ0) is 4.50. The van der Waals surface area contributed by atoms with Crippen LogP contribution < -0.4 is 19.2 Å². The Morgan fingerprint density at radius 1 is 0.151 bits per heavy atom. The standard InChI is InChI=1S/O4Si.12H2O.24O.12W/c1-5(2,3)4;;;;;;;;;;;;;;;;;;;;;;;;;;;;;;;;;;;;;;;;;;;;;;;;/h;12*1H2;;;;;;;;;;;;;;;;;;;;;;;;;;;;;;;;;;;;/q-4;;;;;;;;;;;;;24*-2;;;;;;;;;;;;/p+1. The Labute approximate surface area is 473 Å².